The van der Waals surface area contributed by atoms with Crippen molar-refractivity contribution in [2.24, 2.45) is 5.41 Å². The van der Waals surface area contributed by atoms with Crippen molar-refractivity contribution < 1.29 is 9.84 Å². The van der Waals surface area contributed by atoms with E-state index in [4.69, 9.17) is 33.0 Å². The third-order valence-corrected chi connectivity index (χ3v) is 2.94. The summed E-state index contributed by atoms with van der Waals surface area (Å²) in [6.45, 7) is 4.78. The van der Waals surface area contributed by atoms with Gasteiger partial charge in [0.25, 0.3) is 0 Å². The zero-order valence-electron chi connectivity index (χ0n) is 9.46. The molecule has 0 saturated heterocycles. The second-order valence-electron chi connectivity index (χ2n) is 4.52. The average molecular weight is 263 g/mol. The van der Waals surface area contributed by atoms with Gasteiger partial charge in [-0.15, -0.1) is 0 Å². The molecule has 4 heteroatoms. The predicted molar refractivity (Wildman–Crippen MR) is 67.0 cm³/mol. The third-order valence-electron chi connectivity index (χ3n) is 2.23. The Balaban J connectivity index is 2.56. The molecule has 0 unspecified atom stereocenters. The van der Waals surface area contributed by atoms with Gasteiger partial charge in [0.1, 0.15) is 0 Å². The molecule has 0 bridgehead atoms. The maximum Gasteiger partial charge on any atom is 0.0746 e. The summed E-state index contributed by atoms with van der Waals surface area (Å²) in [6, 6.07) is 5.36. The zero-order valence-corrected chi connectivity index (χ0v) is 11.0. The summed E-state index contributed by atoms with van der Waals surface area (Å²) >= 11 is 12.0. The molecule has 0 aliphatic heterocycles. The molecule has 0 amide bonds. The van der Waals surface area contributed by atoms with Crippen LogP contribution in [0.4, 0.5) is 0 Å². The van der Waals surface area contributed by atoms with E-state index in [-0.39, 0.29) is 12.0 Å². The molecule has 2 nitrogen and oxygen atoms in total. The van der Waals surface area contributed by atoms with Crippen LogP contribution in [0.25, 0.3) is 0 Å². The number of ether oxygens (including phenoxy) is 1. The molecule has 0 saturated carbocycles. The van der Waals surface area contributed by atoms with Crippen molar-refractivity contribution in [2.45, 2.75) is 20.5 Å². The molecule has 0 fully saturated rings. The fourth-order valence-electron chi connectivity index (χ4n) is 1.15. The Bertz CT molecular complexity index is 331. The number of benzene rings is 1. The first-order valence-electron chi connectivity index (χ1n) is 5.08. The van der Waals surface area contributed by atoms with Gasteiger partial charge in [-0.25, -0.2) is 0 Å². The molecule has 1 aromatic rings. The molecule has 1 aromatic carbocycles. The lowest BCUT2D eigenvalue weighted by Crippen LogP contribution is -2.23. The van der Waals surface area contributed by atoms with E-state index in [1.54, 1.807) is 18.2 Å². The topological polar surface area (TPSA) is 29.5 Å². The zero-order chi connectivity index (χ0) is 12.2. The molecule has 0 atom stereocenters. The maximum atomic E-state index is 9.07. The van der Waals surface area contributed by atoms with Crippen LogP contribution in [0, 0.1) is 5.41 Å². The van der Waals surface area contributed by atoms with Gasteiger partial charge < -0.3 is 9.84 Å². The van der Waals surface area contributed by atoms with Crippen LogP contribution >= 0.6 is 23.2 Å². The minimum absolute atomic E-state index is 0.0866. The fourth-order valence-corrected chi connectivity index (χ4v) is 1.65. The number of aliphatic hydroxyl groups is 1. The van der Waals surface area contributed by atoms with Gasteiger partial charge in [0.15, 0.2) is 0 Å². The number of rotatable bonds is 5. The number of hydrogen-bond donors (Lipinski definition) is 1. The van der Waals surface area contributed by atoms with Crippen molar-refractivity contribution in [2.75, 3.05) is 13.2 Å². The second-order valence-corrected chi connectivity index (χ2v) is 5.33. The highest BCUT2D eigenvalue weighted by atomic mass is 35.5. The molecule has 0 heterocycles. The highest BCUT2D eigenvalue weighted by Crippen LogP contribution is 2.25. The van der Waals surface area contributed by atoms with Crippen LogP contribution in [0.15, 0.2) is 18.2 Å². The molecule has 0 aromatic heterocycles. The van der Waals surface area contributed by atoms with Crippen molar-refractivity contribution in [3.05, 3.63) is 33.8 Å². The van der Waals surface area contributed by atoms with E-state index in [2.05, 4.69) is 0 Å². The van der Waals surface area contributed by atoms with Crippen molar-refractivity contribution >= 4 is 23.2 Å². The number of halogens is 2. The summed E-state index contributed by atoms with van der Waals surface area (Å²) < 4.78 is 5.51. The van der Waals surface area contributed by atoms with Gasteiger partial charge in [-0.3, -0.25) is 0 Å². The van der Waals surface area contributed by atoms with Gasteiger partial charge in [-0.1, -0.05) is 43.1 Å². The molecule has 1 rings (SSSR count). The summed E-state index contributed by atoms with van der Waals surface area (Å²) in [6.07, 6.45) is 0. The fraction of sp³-hybridized carbons (Fsp3) is 0.500. The first kappa shape index (κ1) is 13.8. The lowest BCUT2D eigenvalue weighted by molar-refractivity contribution is 0.0198. The Morgan fingerprint density at radius 1 is 1.25 bits per heavy atom. The summed E-state index contributed by atoms with van der Waals surface area (Å²) in [4.78, 5) is 0. The first-order valence-corrected chi connectivity index (χ1v) is 5.83. The van der Waals surface area contributed by atoms with Crippen molar-refractivity contribution in [3.8, 4) is 0 Å². The molecular formula is C12H16Cl2O2. The van der Waals surface area contributed by atoms with Gasteiger partial charge in [-0.2, -0.15) is 0 Å². The summed E-state index contributed by atoms with van der Waals surface area (Å²) in [5, 5.41) is 10.3. The minimum Gasteiger partial charge on any atom is -0.396 e. The molecule has 1 N–H and O–H groups in total. The monoisotopic (exact) mass is 262 g/mol. The van der Waals surface area contributed by atoms with Crippen LogP contribution in [0.5, 0.6) is 0 Å². The van der Waals surface area contributed by atoms with Crippen LogP contribution in [-0.4, -0.2) is 18.3 Å². The van der Waals surface area contributed by atoms with Crippen molar-refractivity contribution in [1.29, 1.82) is 0 Å². The number of aliphatic hydroxyl groups excluding tert-OH is 1. The smallest absolute Gasteiger partial charge is 0.0746 e. The minimum atomic E-state index is -0.242. The van der Waals surface area contributed by atoms with E-state index in [0.29, 0.717) is 23.3 Å². The Labute approximate surface area is 106 Å². The Morgan fingerprint density at radius 3 is 2.31 bits per heavy atom. The molecule has 0 aliphatic rings. The SMILES string of the molecule is CC(C)(CO)COCc1c(Cl)cccc1Cl. The van der Waals surface area contributed by atoms with Crippen molar-refractivity contribution in [1.82, 2.24) is 0 Å². The van der Waals surface area contributed by atoms with Gasteiger partial charge in [-0.05, 0) is 12.1 Å². The number of hydrogen-bond acceptors (Lipinski definition) is 2. The highest BCUT2D eigenvalue weighted by Gasteiger charge is 2.17. The normalized spacial score (nSPS) is 11.8. The van der Waals surface area contributed by atoms with Gasteiger partial charge >= 0.3 is 0 Å². The molecule has 0 radical (unpaired) electrons. The average Bonchev–Trinajstić information content (AvgIpc) is 2.22. The molecular weight excluding hydrogens is 247 g/mol. The summed E-state index contributed by atoms with van der Waals surface area (Å²) in [7, 11) is 0. The van der Waals surface area contributed by atoms with Gasteiger partial charge in [0, 0.05) is 21.0 Å². The lowest BCUT2D eigenvalue weighted by atomic mass is 9.97. The predicted octanol–water partition coefficient (Wildman–Crippen LogP) is 3.53. The Kier molecular flexibility index (Phi) is 5.06. The van der Waals surface area contributed by atoms with E-state index in [9.17, 15) is 0 Å². The summed E-state index contributed by atoms with van der Waals surface area (Å²) in [5.74, 6) is 0. The summed E-state index contributed by atoms with van der Waals surface area (Å²) in [5.41, 5.74) is 0.549. The van der Waals surface area contributed by atoms with Gasteiger partial charge in [0.05, 0.1) is 19.8 Å². The van der Waals surface area contributed by atoms with E-state index >= 15 is 0 Å². The Morgan fingerprint density at radius 2 is 1.81 bits per heavy atom. The standard InChI is InChI=1S/C12H16Cl2O2/c1-12(2,7-15)8-16-6-9-10(13)4-3-5-11(9)14/h3-5,15H,6-8H2,1-2H3. The van der Waals surface area contributed by atoms with Gasteiger partial charge in [0.2, 0.25) is 0 Å². The van der Waals surface area contributed by atoms with Crippen LogP contribution in [0.1, 0.15) is 19.4 Å². The molecule has 16 heavy (non-hydrogen) atoms. The van der Waals surface area contributed by atoms with Crippen LogP contribution < -0.4 is 0 Å². The lowest BCUT2D eigenvalue weighted by Gasteiger charge is -2.21. The molecule has 90 valence electrons. The highest BCUT2D eigenvalue weighted by molar-refractivity contribution is 6.35. The second kappa shape index (κ2) is 5.87. The van der Waals surface area contributed by atoms with Crippen LogP contribution in [0.3, 0.4) is 0 Å². The van der Waals surface area contributed by atoms with Crippen molar-refractivity contribution in [3.63, 3.8) is 0 Å². The van der Waals surface area contributed by atoms with E-state index in [1.165, 1.54) is 0 Å². The van der Waals surface area contributed by atoms with E-state index < -0.39 is 0 Å². The van der Waals surface area contributed by atoms with Crippen LogP contribution in [-0.2, 0) is 11.3 Å². The first-order chi connectivity index (χ1) is 7.46. The molecule has 0 spiro atoms. The quantitative estimate of drug-likeness (QED) is 0.880. The van der Waals surface area contributed by atoms with Crippen LogP contribution in [0.2, 0.25) is 10.0 Å². The molecule has 0 aliphatic carbocycles. The maximum absolute atomic E-state index is 9.07. The third kappa shape index (κ3) is 3.95. The largest absolute Gasteiger partial charge is 0.396 e. The van der Waals surface area contributed by atoms with E-state index in [0.717, 1.165) is 5.56 Å². The Hall–Kier alpha value is -0.280. The van der Waals surface area contributed by atoms with E-state index in [1.807, 2.05) is 13.8 Å².